The number of halogens is 2. The van der Waals surface area contributed by atoms with Crippen molar-refractivity contribution in [2.24, 2.45) is 17.8 Å². The fraction of sp³-hybridized carbons (Fsp3) is 0.357. The number of hydrogen-bond donors (Lipinski definition) is 2. The average molecular weight is 475 g/mol. The molecule has 0 aliphatic heterocycles. The second-order valence-electron chi connectivity index (χ2n) is 9.88. The summed E-state index contributed by atoms with van der Waals surface area (Å²) in [7, 11) is 1.63. The summed E-state index contributed by atoms with van der Waals surface area (Å²) in [6.45, 7) is 2.34. The van der Waals surface area contributed by atoms with Gasteiger partial charge in [0.25, 0.3) is 0 Å². The summed E-state index contributed by atoms with van der Waals surface area (Å²) in [6, 6.07) is 12.2. The topological polar surface area (TPSA) is 62.8 Å². The van der Waals surface area contributed by atoms with E-state index in [1.165, 1.54) is 31.7 Å². The number of hydrogen-bond acceptors (Lipinski definition) is 4. The van der Waals surface area contributed by atoms with E-state index < -0.39 is 11.6 Å². The fourth-order valence-corrected chi connectivity index (χ4v) is 6.15. The summed E-state index contributed by atoms with van der Waals surface area (Å²) >= 11 is 0. The number of benzene rings is 2. The lowest BCUT2D eigenvalue weighted by atomic mass is 9.62. The van der Waals surface area contributed by atoms with E-state index in [0.29, 0.717) is 51.9 Å². The van der Waals surface area contributed by atoms with Gasteiger partial charge in [-0.1, -0.05) is 19.1 Å². The van der Waals surface area contributed by atoms with E-state index in [2.05, 4.69) is 17.2 Å². The lowest BCUT2D eigenvalue weighted by Gasteiger charge is -2.47. The van der Waals surface area contributed by atoms with Crippen LogP contribution in [0.5, 0.6) is 5.75 Å². The predicted molar refractivity (Wildman–Crippen MR) is 133 cm³/mol. The third-order valence-corrected chi connectivity index (χ3v) is 8.00. The minimum Gasteiger partial charge on any atom is -0.496 e. The Bertz CT molecular complexity index is 1390. The normalized spacial score (nSPS) is 23.5. The minimum atomic E-state index is -0.641. The molecule has 0 amide bonds. The second kappa shape index (κ2) is 8.63. The number of rotatable bonds is 5. The molecule has 3 aliphatic carbocycles. The van der Waals surface area contributed by atoms with E-state index in [0.717, 1.165) is 17.5 Å². The van der Waals surface area contributed by atoms with Crippen molar-refractivity contribution in [1.29, 1.82) is 0 Å². The van der Waals surface area contributed by atoms with Crippen LogP contribution in [0, 0.1) is 29.4 Å². The number of methoxy groups -OCH3 is 1. The Kier molecular flexibility index (Phi) is 5.43. The SMILES string of the molecule is COc1ccccc1-c1cc(N[C@@H]2C3CCC(CC3)[C@H]2C)nc(-c2c[nH]c3c(F)cc(F)cc23)n1. The van der Waals surface area contributed by atoms with Crippen LogP contribution in [-0.2, 0) is 0 Å². The second-order valence-corrected chi connectivity index (χ2v) is 9.88. The molecule has 4 aromatic rings. The van der Waals surface area contributed by atoms with Crippen LogP contribution in [0.25, 0.3) is 33.5 Å². The van der Waals surface area contributed by atoms with Crippen molar-refractivity contribution in [3.05, 3.63) is 60.3 Å². The molecule has 0 saturated heterocycles. The Hall–Kier alpha value is -3.48. The van der Waals surface area contributed by atoms with Crippen molar-refractivity contribution in [2.45, 2.75) is 38.6 Å². The first-order valence-electron chi connectivity index (χ1n) is 12.3. The molecule has 7 rings (SSSR count). The van der Waals surface area contributed by atoms with Gasteiger partial charge in [-0.2, -0.15) is 0 Å². The van der Waals surface area contributed by atoms with Crippen LogP contribution in [0.3, 0.4) is 0 Å². The lowest BCUT2D eigenvalue weighted by Crippen LogP contribution is -2.47. The number of aromatic amines is 1. The predicted octanol–water partition coefficient (Wildman–Crippen LogP) is 6.82. The molecule has 35 heavy (non-hydrogen) atoms. The zero-order valence-electron chi connectivity index (χ0n) is 19.8. The van der Waals surface area contributed by atoms with Crippen LogP contribution in [0.4, 0.5) is 14.6 Å². The van der Waals surface area contributed by atoms with Crippen LogP contribution in [0.2, 0.25) is 0 Å². The molecule has 2 aromatic heterocycles. The van der Waals surface area contributed by atoms with Crippen LogP contribution < -0.4 is 10.1 Å². The summed E-state index contributed by atoms with van der Waals surface area (Å²) in [6.07, 6.45) is 6.73. The molecule has 2 atom stereocenters. The number of H-pyrrole nitrogens is 1. The van der Waals surface area contributed by atoms with Crippen molar-refractivity contribution in [3.8, 4) is 28.4 Å². The van der Waals surface area contributed by atoms with Crippen molar-refractivity contribution in [2.75, 3.05) is 12.4 Å². The Labute approximate surface area is 203 Å². The van der Waals surface area contributed by atoms with E-state index in [1.54, 1.807) is 13.3 Å². The van der Waals surface area contributed by atoms with Gasteiger partial charge in [0.15, 0.2) is 5.82 Å². The smallest absolute Gasteiger partial charge is 0.164 e. The van der Waals surface area contributed by atoms with Gasteiger partial charge in [0, 0.05) is 40.9 Å². The van der Waals surface area contributed by atoms with Crippen molar-refractivity contribution in [3.63, 3.8) is 0 Å². The molecule has 0 radical (unpaired) electrons. The molecule has 7 heteroatoms. The van der Waals surface area contributed by atoms with E-state index in [9.17, 15) is 8.78 Å². The summed E-state index contributed by atoms with van der Waals surface area (Å²) < 4.78 is 34.1. The highest BCUT2D eigenvalue weighted by atomic mass is 19.1. The number of aromatic nitrogens is 3. The first kappa shape index (κ1) is 22.0. The molecular weight excluding hydrogens is 446 g/mol. The molecule has 3 saturated carbocycles. The summed E-state index contributed by atoms with van der Waals surface area (Å²) in [5.74, 6) is 2.47. The molecule has 2 aromatic carbocycles. The highest BCUT2D eigenvalue weighted by Gasteiger charge is 2.41. The molecule has 2 heterocycles. The van der Waals surface area contributed by atoms with Gasteiger partial charge in [-0.3, -0.25) is 0 Å². The number of para-hydroxylation sites is 1. The highest BCUT2D eigenvalue weighted by molar-refractivity contribution is 5.94. The van der Waals surface area contributed by atoms with E-state index >= 15 is 0 Å². The average Bonchev–Trinajstić information content (AvgIpc) is 3.30. The maximum Gasteiger partial charge on any atom is 0.164 e. The van der Waals surface area contributed by atoms with Crippen LogP contribution in [0.1, 0.15) is 32.6 Å². The largest absolute Gasteiger partial charge is 0.496 e. The summed E-state index contributed by atoms with van der Waals surface area (Å²) in [5.41, 5.74) is 2.31. The quantitative estimate of drug-likeness (QED) is 0.333. The molecule has 2 N–H and O–H groups in total. The molecule has 3 fully saturated rings. The molecular formula is C28H28F2N4O. The molecule has 3 aliphatic rings. The van der Waals surface area contributed by atoms with Crippen LogP contribution in [0.15, 0.2) is 48.7 Å². The van der Waals surface area contributed by atoms with Crippen LogP contribution >= 0.6 is 0 Å². The number of anilines is 1. The molecule has 0 unspecified atom stereocenters. The number of nitrogens with zero attached hydrogens (tertiary/aromatic N) is 2. The van der Waals surface area contributed by atoms with Gasteiger partial charge in [0.1, 0.15) is 23.2 Å². The Morgan fingerprint density at radius 2 is 1.74 bits per heavy atom. The number of ether oxygens (including phenoxy) is 1. The van der Waals surface area contributed by atoms with Gasteiger partial charge in [-0.15, -0.1) is 0 Å². The van der Waals surface area contributed by atoms with Crippen LogP contribution in [-0.4, -0.2) is 28.1 Å². The van der Waals surface area contributed by atoms with Gasteiger partial charge >= 0.3 is 0 Å². The Balaban J connectivity index is 1.49. The molecule has 5 nitrogen and oxygen atoms in total. The Morgan fingerprint density at radius 3 is 2.51 bits per heavy atom. The minimum absolute atomic E-state index is 0.236. The first-order chi connectivity index (χ1) is 17.0. The molecule has 0 spiro atoms. The fourth-order valence-electron chi connectivity index (χ4n) is 6.15. The molecule has 2 bridgehead atoms. The van der Waals surface area contributed by atoms with Crippen molar-refractivity contribution >= 4 is 16.7 Å². The van der Waals surface area contributed by atoms with Gasteiger partial charge < -0.3 is 15.0 Å². The third kappa shape index (κ3) is 3.83. The van der Waals surface area contributed by atoms with Gasteiger partial charge in [-0.05, 0) is 61.6 Å². The van der Waals surface area contributed by atoms with E-state index in [4.69, 9.17) is 14.7 Å². The van der Waals surface area contributed by atoms with Crippen molar-refractivity contribution < 1.29 is 13.5 Å². The zero-order valence-corrected chi connectivity index (χ0v) is 19.8. The molecule has 180 valence electrons. The lowest BCUT2D eigenvalue weighted by molar-refractivity contribution is 0.0928. The van der Waals surface area contributed by atoms with E-state index in [1.807, 2.05) is 30.3 Å². The van der Waals surface area contributed by atoms with Crippen molar-refractivity contribution in [1.82, 2.24) is 15.0 Å². The van der Waals surface area contributed by atoms with Gasteiger partial charge in [-0.25, -0.2) is 18.7 Å². The third-order valence-electron chi connectivity index (χ3n) is 8.00. The standard InChI is InChI=1S/C28H28F2N4O/c1-15-16-7-9-17(10-8-16)26(15)33-25-13-23(19-5-3-4-6-24(19)35-2)32-28(34-25)21-14-31-27-20(21)11-18(29)12-22(27)30/h3-6,11-17,26,31H,7-10H2,1-2H3,(H,32,33,34)/t15-,16?,17?,26+/m1/s1. The number of nitrogens with one attached hydrogen (secondary N) is 2. The monoisotopic (exact) mass is 474 g/mol. The zero-order chi connectivity index (χ0) is 24.1. The Morgan fingerprint density at radius 1 is 0.971 bits per heavy atom. The van der Waals surface area contributed by atoms with Gasteiger partial charge in [0.05, 0.1) is 18.3 Å². The van der Waals surface area contributed by atoms with Gasteiger partial charge in [0.2, 0.25) is 0 Å². The van der Waals surface area contributed by atoms with E-state index in [-0.39, 0.29) is 5.52 Å². The summed E-state index contributed by atoms with van der Waals surface area (Å²) in [4.78, 5) is 12.6. The highest BCUT2D eigenvalue weighted by Crippen LogP contribution is 2.46. The summed E-state index contributed by atoms with van der Waals surface area (Å²) in [5, 5.41) is 4.15. The first-order valence-corrected chi connectivity index (χ1v) is 12.3. The number of fused-ring (bicyclic) bond motifs is 4. The maximum atomic E-state index is 14.4. The maximum absolute atomic E-state index is 14.4.